The van der Waals surface area contributed by atoms with Gasteiger partial charge in [0, 0.05) is 35.5 Å². The van der Waals surface area contributed by atoms with Crippen molar-refractivity contribution in [2.75, 3.05) is 30.3 Å². The van der Waals surface area contributed by atoms with Gasteiger partial charge in [-0.1, -0.05) is 20.8 Å². The van der Waals surface area contributed by atoms with Crippen LogP contribution in [0.5, 0.6) is 0 Å². The molecule has 1 aliphatic rings. The molecule has 0 radical (unpaired) electrons. The highest BCUT2D eigenvalue weighted by Crippen LogP contribution is 2.30. The van der Waals surface area contributed by atoms with E-state index in [9.17, 15) is 0 Å². The van der Waals surface area contributed by atoms with Crippen molar-refractivity contribution in [3.8, 4) is 0 Å². The molecule has 1 atom stereocenters. The molecule has 0 spiro atoms. The minimum Gasteiger partial charge on any atom is -0.346 e. The molecule has 0 saturated carbocycles. The topological polar surface area (TPSA) is 28.2 Å². The third-order valence-corrected chi connectivity index (χ3v) is 6.17. The highest BCUT2D eigenvalue weighted by Gasteiger charge is 2.22. The molecule has 1 saturated heterocycles. The van der Waals surface area contributed by atoms with Crippen LogP contribution in [0.2, 0.25) is 0 Å². The Morgan fingerprint density at radius 1 is 1.45 bits per heavy atom. The SMILES string of the molecule is CCC1CN(c2nc(C)c(CNCC(C)C)s2)CCS1. The maximum atomic E-state index is 4.80. The molecule has 20 heavy (non-hydrogen) atoms. The maximum Gasteiger partial charge on any atom is 0.185 e. The molecule has 0 aliphatic carbocycles. The number of thioether (sulfide) groups is 1. The van der Waals surface area contributed by atoms with E-state index >= 15 is 0 Å². The van der Waals surface area contributed by atoms with Gasteiger partial charge in [0.25, 0.3) is 0 Å². The van der Waals surface area contributed by atoms with Crippen LogP contribution in [0.4, 0.5) is 5.13 Å². The summed E-state index contributed by atoms with van der Waals surface area (Å²) in [7, 11) is 0. The van der Waals surface area contributed by atoms with Gasteiger partial charge in [-0.15, -0.1) is 11.3 Å². The number of thiazole rings is 1. The van der Waals surface area contributed by atoms with Gasteiger partial charge in [0.05, 0.1) is 5.69 Å². The third-order valence-electron chi connectivity index (χ3n) is 3.58. The second-order valence-electron chi connectivity index (χ2n) is 5.88. The monoisotopic (exact) mass is 313 g/mol. The van der Waals surface area contributed by atoms with E-state index in [-0.39, 0.29) is 0 Å². The lowest BCUT2D eigenvalue weighted by molar-refractivity contribution is 0.554. The normalized spacial score (nSPS) is 19.9. The summed E-state index contributed by atoms with van der Waals surface area (Å²) in [5.41, 5.74) is 1.20. The molecule has 1 aliphatic heterocycles. The van der Waals surface area contributed by atoms with Crippen molar-refractivity contribution in [1.82, 2.24) is 10.3 Å². The fraction of sp³-hybridized carbons (Fsp3) is 0.800. The molecule has 0 bridgehead atoms. The quantitative estimate of drug-likeness (QED) is 0.869. The summed E-state index contributed by atoms with van der Waals surface area (Å²) >= 11 is 3.99. The molecular weight excluding hydrogens is 286 g/mol. The van der Waals surface area contributed by atoms with Crippen LogP contribution in [0.1, 0.15) is 37.8 Å². The van der Waals surface area contributed by atoms with Crippen LogP contribution in [0.25, 0.3) is 0 Å². The van der Waals surface area contributed by atoms with Crippen molar-refractivity contribution in [2.24, 2.45) is 5.92 Å². The van der Waals surface area contributed by atoms with E-state index in [1.807, 2.05) is 11.3 Å². The van der Waals surface area contributed by atoms with Gasteiger partial charge in [-0.05, 0) is 25.8 Å². The van der Waals surface area contributed by atoms with Crippen LogP contribution in [0.15, 0.2) is 0 Å². The van der Waals surface area contributed by atoms with Gasteiger partial charge >= 0.3 is 0 Å². The van der Waals surface area contributed by atoms with E-state index in [4.69, 9.17) is 4.98 Å². The van der Waals surface area contributed by atoms with Crippen molar-refractivity contribution in [2.45, 2.75) is 45.9 Å². The van der Waals surface area contributed by atoms with E-state index in [1.165, 1.54) is 27.9 Å². The predicted octanol–water partition coefficient (Wildman–Crippen LogP) is 3.53. The number of aryl methyl sites for hydroxylation is 1. The maximum absolute atomic E-state index is 4.80. The molecule has 1 unspecified atom stereocenters. The third kappa shape index (κ3) is 4.37. The summed E-state index contributed by atoms with van der Waals surface area (Å²) in [6.07, 6.45) is 1.26. The van der Waals surface area contributed by atoms with Gasteiger partial charge in [-0.2, -0.15) is 11.8 Å². The smallest absolute Gasteiger partial charge is 0.185 e. The Hall–Kier alpha value is -0.260. The lowest BCUT2D eigenvalue weighted by atomic mass is 10.2. The summed E-state index contributed by atoms with van der Waals surface area (Å²) in [6, 6.07) is 0. The molecule has 1 N–H and O–H groups in total. The fourth-order valence-corrected chi connectivity index (χ4v) is 4.57. The number of aromatic nitrogens is 1. The zero-order valence-electron chi connectivity index (χ0n) is 13.1. The molecule has 2 heterocycles. The Balaban J connectivity index is 1.95. The highest BCUT2D eigenvalue weighted by molar-refractivity contribution is 8.00. The van der Waals surface area contributed by atoms with E-state index in [2.05, 4.69) is 49.7 Å². The van der Waals surface area contributed by atoms with E-state index in [1.54, 1.807) is 0 Å². The zero-order valence-corrected chi connectivity index (χ0v) is 14.7. The lowest BCUT2D eigenvalue weighted by Crippen LogP contribution is -2.37. The standard InChI is InChI=1S/C15H27N3S2/c1-5-13-10-18(6-7-19-13)15-17-12(4)14(20-15)9-16-8-11(2)3/h11,13,16H,5-10H2,1-4H3. The first kappa shape index (κ1) is 16.1. The van der Waals surface area contributed by atoms with Crippen molar-refractivity contribution in [3.63, 3.8) is 0 Å². The van der Waals surface area contributed by atoms with Crippen molar-refractivity contribution < 1.29 is 0 Å². The Morgan fingerprint density at radius 2 is 2.25 bits per heavy atom. The average molecular weight is 314 g/mol. The summed E-state index contributed by atoms with van der Waals surface area (Å²) in [5, 5.41) is 5.52. The van der Waals surface area contributed by atoms with Crippen LogP contribution >= 0.6 is 23.1 Å². The summed E-state index contributed by atoms with van der Waals surface area (Å²) < 4.78 is 0. The minimum atomic E-state index is 0.701. The number of nitrogens with zero attached hydrogens (tertiary/aromatic N) is 2. The number of hydrogen-bond acceptors (Lipinski definition) is 5. The Bertz CT molecular complexity index is 417. The highest BCUT2D eigenvalue weighted by atomic mass is 32.2. The van der Waals surface area contributed by atoms with Gasteiger partial charge in [0.2, 0.25) is 0 Å². The predicted molar refractivity (Wildman–Crippen MR) is 92.1 cm³/mol. The average Bonchev–Trinajstić information content (AvgIpc) is 2.80. The molecule has 1 fully saturated rings. The Kier molecular flexibility index (Phi) is 6.18. The summed E-state index contributed by atoms with van der Waals surface area (Å²) in [6.45, 7) is 13.3. The minimum absolute atomic E-state index is 0.701. The van der Waals surface area contributed by atoms with Gasteiger partial charge in [-0.25, -0.2) is 4.98 Å². The molecule has 1 aromatic rings. The van der Waals surface area contributed by atoms with E-state index in [0.717, 1.165) is 31.4 Å². The molecule has 1 aromatic heterocycles. The van der Waals surface area contributed by atoms with Crippen LogP contribution in [-0.2, 0) is 6.54 Å². The molecule has 3 nitrogen and oxygen atoms in total. The van der Waals surface area contributed by atoms with Gasteiger partial charge < -0.3 is 10.2 Å². The van der Waals surface area contributed by atoms with Gasteiger partial charge in [-0.3, -0.25) is 0 Å². The van der Waals surface area contributed by atoms with Crippen LogP contribution in [0, 0.1) is 12.8 Å². The zero-order chi connectivity index (χ0) is 14.5. The second kappa shape index (κ2) is 7.66. The summed E-state index contributed by atoms with van der Waals surface area (Å²) in [4.78, 5) is 8.67. The van der Waals surface area contributed by atoms with E-state index < -0.39 is 0 Å². The first-order valence-electron chi connectivity index (χ1n) is 7.63. The van der Waals surface area contributed by atoms with Gasteiger partial charge in [0.15, 0.2) is 5.13 Å². The molecular formula is C15H27N3S2. The molecule has 0 aromatic carbocycles. The van der Waals surface area contributed by atoms with Crippen LogP contribution in [-0.4, -0.2) is 35.6 Å². The van der Waals surface area contributed by atoms with Crippen LogP contribution < -0.4 is 10.2 Å². The largest absolute Gasteiger partial charge is 0.346 e. The molecule has 5 heteroatoms. The van der Waals surface area contributed by atoms with Crippen molar-refractivity contribution in [1.29, 1.82) is 0 Å². The fourth-order valence-electron chi connectivity index (χ4n) is 2.33. The summed E-state index contributed by atoms with van der Waals surface area (Å²) in [5.74, 6) is 1.94. The Morgan fingerprint density at radius 3 is 2.95 bits per heavy atom. The van der Waals surface area contributed by atoms with Crippen molar-refractivity contribution >= 4 is 28.2 Å². The second-order valence-corrected chi connectivity index (χ2v) is 8.35. The number of hydrogen-bond donors (Lipinski definition) is 1. The first-order chi connectivity index (χ1) is 9.60. The van der Waals surface area contributed by atoms with Crippen LogP contribution in [0.3, 0.4) is 0 Å². The molecule has 0 amide bonds. The number of anilines is 1. The first-order valence-corrected chi connectivity index (χ1v) is 9.50. The van der Waals surface area contributed by atoms with E-state index in [0.29, 0.717) is 5.92 Å². The molecule has 2 rings (SSSR count). The van der Waals surface area contributed by atoms with Crippen molar-refractivity contribution in [3.05, 3.63) is 10.6 Å². The lowest BCUT2D eigenvalue weighted by Gasteiger charge is -2.31. The van der Waals surface area contributed by atoms with Gasteiger partial charge in [0.1, 0.15) is 0 Å². The number of rotatable bonds is 6. The molecule has 114 valence electrons. The number of nitrogens with one attached hydrogen (secondary N) is 1. The Labute approximate surface area is 131 Å².